The summed E-state index contributed by atoms with van der Waals surface area (Å²) in [5.74, 6) is 0. The van der Waals surface area contributed by atoms with Crippen molar-refractivity contribution in [1.29, 1.82) is 0 Å². The molecule has 6 aromatic carbocycles. The highest BCUT2D eigenvalue weighted by Crippen LogP contribution is 2.42. The molecule has 0 fully saturated rings. The van der Waals surface area contributed by atoms with Crippen molar-refractivity contribution in [3.63, 3.8) is 0 Å². The first-order chi connectivity index (χ1) is 22.3. The van der Waals surface area contributed by atoms with Crippen LogP contribution in [0.25, 0.3) is 86.7 Å². The minimum absolute atomic E-state index is 0.927. The molecule has 2 nitrogen and oxygen atoms in total. The summed E-state index contributed by atoms with van der Waals surface area (Å²) in [6, 6.07) is 56.1. The van der Waals surface area contributed by atoms with Crippen LogP contribution in [0.3, 0.4) is 0 Å². The van der Waals surface area contributed by atoms with E-state index in [-0.39, 0.29) is 0 Å². The Morgan fingerprint density at radius 3 is 1.71 bits per heavy atom. The summed E-state index contributed by atoms with van der Waals surface area (Å²) < 4.78 is 2.57. The number of rotatable bonds is 4. The van der Waals surface area contributed by atoms with E-state index < -0.39 is 0 Å². The third-order valence-corrected chi connectivity index (χ3v) is 9.80. The number of nitrogens with zero attached hydrogens (tertiary/aromatic N) is 2. The molecule has 9 rings (SSSR count). The van der Waals surface area contributed by atoms with Crippen LogP contribution in [0.15, 0.2) is 158 Å². The van der Waals surface area contributed by atoms with Crippen molar-refractivity contribution in [2.24, 2.45) is 0 Å². The molecule has 3 heteroatoms. The Bertz CT molecular complexity index is 2530. The lowest BCUT2D eigenvalue weighted by molar-refractivity contribution is 1.37. The van der Waals surface area contributed by atoms with Gasteiger partial charge in [0.1, 0.15) is 0 Å². The van der Waals surface area contributed by atoms with Gasteiger partial charge in [0.15, 0.2) is 0 Å². The molecule has 0 amide bonds. The molecule has 3 aromatic heterocycles. The van der Waals surface area contributed by atoms with Crippen LogP contribution in [0, 0.1) is 0 Å². The van der Waals surface area contributed by atoms with Crippen molar-refractivity contribution in [2.75, 3.05) is 0 Å². The normalized spacial score (nSPS) is 11.6. The molecule has 3 heterocycles. The van der Waals surface area contributed by atoms with Crippen LogP contribution in [-0.2, 0) is 0 Å². The lowest BCUT2D eigenvalue weighted by atomic mass is 9.95. The van der Waals surface area contributed by atoms with E-state index in [1.807, 2.05) is 17.4 Å². The van der Waals surface area contributed by atoms with Gasteiger partial charge < -0.3 is 0 Å². The largest absolute Gasteiger partial charge is 0.245 e. The fourth-order valence-electron chi connectivity index (χ4n) is 6.42. The number of aromatic nitrogens is 2. The molecule has 45 heavy (non-hydrogen) atoms. The molecule has 0 aliphatic heterocycles. The molecule has 0 N–H and O–H groups in total. The van der Waals surface area contributed by atoms with Crippen molar-refractivity contribution in [3.8, 4) is 44.8 Å². The van der Waals surface area contributed by atoms with Gasteiger partial charge >= 0.3 is 0 Å². The van der Waals surface area contributed by atoms with Gasteiger partial charge in [0.2, 0.25) is 0 Å². The highest BCUT2D eigenvalue weighted by atomic mass is 32.1. The average Bonchev–Trinajstić information content (AvgIpc) is 3.50. The van der Waals surface area contributed by atoms with Gasteiger partial charge in [0.25, 0.3) is 0 Å². The van der Waals surface area contributed by atoms with Gasteiger partial charge in [-0.05, 0) is 58.7 Å². The Labute approximate surface area is 264 Å². The lowest BCUT2D eigenvalue weighted by Gasteiger charge is -2.09. The molecular formula is C42H26N2S. The van der Waals surface area contributed by atoms with Crippen LogP contribution in [0.1, 0.15) is 0 Å². The molecule has 0 radical (unpaired) electrons. The Kier molecular flexibility index (Phi) is 6.03. The van der Waals surface area contributed by atoms with Gasteiger partial charge in [0, 0.05) is 42.1 Å². The van der Waals surface area contributed by atoms with Crippen LogP contribution in [0.4, 0.5) is 0 Å². The number of hydrogen-bond acceptors (Lipinski definition) is 3. The van der Waals surface area contributed by atoms with Crippen LogP contribution >= 0.6 is 11.3 Å². The predicted molar refractivity (Wildman–Crippen MR) is 192 cm³/mol. The van der Waals surface area contributed by atoms with E-state index in [0.29, 0.717) is 0 Å². The first kappa shape index (κ1) is 25.8. The molecule has 0 unspecified atom stereocenters. The number of hydrogen-bond donors (Lipinski definition) is 0. The molecule has 0 aliphatic rings. The molecule has 0 atom stereocenters. The van der Waals surface area contributed by atoms with E-state index in [1.165, 1.54) is 42.4 Å². The fraction of sp³-hybridized carbons (Fsp3) is 0. The monoisotopic (exact) mass is 590 g/mol. The van der Waals surface area contributed by atoms with Crippen molar-refractivity contribution < 1.29 is 0 Å². The minimum atomic E-state index is 0.927. The molecule has 9 aromatic rings. The number of fused-ring (bicyclic) bond motifs is 6. The smallest absolute Gasteiger partial charge is 0.0972 e. The summed E-state index contributed by atoms with van der Waals surface area (Å²) in [4.78, 5) is 10.4. The standard InChI is InChI=1S/C42H26N2S/c1-3-9-27(10-4-1)31-13-7-14-32(25-31)34-15-8-16-39-40(34)35-26-33(21-24-38(35)45-39)37-23-20-30-18-17-29-19-22-36(28-11-5-2-6-12-28)43-41(29)42(30)44-37/h1-26H. The van der Waals surface area contributed by atoms with E-state index in [2.05, 4.69) is 152 Å². The second kappa shape index (κ2) is 10.5. The molecule has 0 aliphatic carbocycles. The third kappa shape index (κ3) is 4.48. The summed E-state index contributed by atoms with van der Waals surface area (Å²) in [6.45, 7) is 0. The Morgan fingerprint density at radius 1 is 0.378 bits per heavy atom. The average molecular weight is 591 g/mol. The first-order valence-corrected chi connectivity index (χ1v) is 16.0. The molecule has 0 bridgehead atoms. The molecule has 0 spiro atoms. The number of benzene rings is 6. The summed E-state index contributed by atoms with van der Waals surface area (Å²) in [5, 5.41) is 4.74. The summed E-state index contributed by atoms with van der Waals surface area (Å²) in [6.07, 6.45) is 0. The van der Waals surface area contributed by atoms with Gasteiger partial charge in [0.05, 0.1) is 22.4 Å². The van der Waals surface area contributed by atoms with Gasteiger partial charge in [-0.2, -0.15) is 0 Å². The van der Waals surface area contributed by atoms with Crippen LogP contribution in [0.2, 0.25) is 0 Å². The first-order valence-electron chi connectivity index (χ1n) is 15.2. The van der Waals surface area contributed by atoms with Gasteiger partial charge in [-0.25, -0.2) is 9.97 Å². The molecule has 210 valence electrons. The molecule has 0 saturated carbocycles. The molecular weight excluding hydrogens is 565 g/mol. The van der Waals surface area contributed by atoms with Crippen molar-refractivity contribution in [3.05, 3.63) is 158 Å². The minimum Gasteiger partial charge on any atom is -0.245 e. The Morgan fingerprint density at radius 2 is 0.978 bits per heavy atom. The summed E-state index contributed by atoms with van der Waals surface area (Å²) >= 11 is 1.85. The van der Waals surface area contributed by atoms with Crippen LogP contribution < -0.4 is 0 Å². The van der Waals surface area contributed by atoms with Crippen molar-refractivity contribution >= 4 is 53.3 Å². The summed E-state index contributed by atoms with van der Waals surface area (Å²) in [5.41, 5.74) is 10.9. The van der Waals surface area contributed by atoms with Gasteiger partial charge in [-0.15, -0.1) is 11.3 Å². The zero-order chi connectivity index (χ0) is 29.7. The number of pyridine rings is 2. The lowest BCUT2D eigenvalue weighted by Crippen LogP contribution is -1.91. The highest BCUT2D eigenvalue weighted by Gasteiger charge is 2.14. The summed E-state index contributed by atoms with van der Waals surface area (Å²) in [7, 11) is 0. The SMILES string of the molecule is c1ccc(-c2cccc(-c3cccc4sc5ccc(-c6ccc7ccc8ccc(-c9ccccc9)nc8c7n6)cc5c34)c2)cc1. The highest BCUT2D eigenvalue weighted by molar-refractivity contribution is 7.26. The van der Waals surface area contributed by atoms with Crippen LogP contribution in [-0.4, -0.2) is 9.97 Å². The van der Waals surface area contributed by atoms with E-state index in [9.17, 15) is 0 Å². The Balaban J connectivity index is 1.20. The number of thiophene rings is 1. The van der Waals surface area contributed by atoms with Gasteiger partial charge in [-0.3, -0.25) is 0 Å². The van der Waals surface area contributed by atoms with Crippen LogP contribution in [0.5, 0.6) is 0 Å². The maximum absolute atomic E-state index is 5.25. The zero-order valence-corrected chi connectivity index (χ0v) is 25.1. The predicted octanol–water partition coefficient (Wildman–Crippen LogP) is 11.8. The van der Waals surface area contributed by atoms with Crippen molar-refractivity contribution in [1.82, 2.24) is 9.97 Å². The maximum Gasteiger partial charge on any atom is 0.0972 e. The second-order valence-electron chi connectivity index (χ2n) is 11.4. The second-order valence-corrected chi connectivity index (χ2v) is 12.5. The van der Waals surface area contributed by atoms with E-state index in [0.717, 1.165) is 44.3 Å². The Hall–Kier alpha value is -5.64. The quantitative estimate of drug-likeness (QED) is 0.191. The van der Waals surface area contributed by atoms with E-state index in [1.54, 1.807) is 0 Å². The van der Waals surface area contributed by atoms with E-state index >= 15 is 0 Å². The fourth-order valence-corrected chi connectivity index (χ4v) is 7.53. The van der Waals surface area contributed by atoms with Crippen molar-refractivity contribution in [2.45, 2.75) is 0 Å². The third-order valence-electron chi connectivity index (χ3n) is 8.66. The van der Waals surface area contributed by atoms with Gasteiger partial charge in [-0.1, -0.05) is 121 Å². The zero-order valence-electron chi connectivity index (χ0n) is 24.3. The maximum atomic E-state index is 5.25. The van der Waals surface area contributed by atoms with E-state index in [4.69, 9.17) is 9.97 Å². The topological polar surface area (TPSA) is 25.8 Å². The molecule has 0 saturated heterocycles.